The maximum absolute atomic E-state index is 12.8. The molecule has 0 radical (unpaired) electrons. The first-order chi connectivity index (χ1) is 14.2. The molecular weight excluding hydrogens is 368 g/mol. The lowest BCUT2D eigenvalue weighted by atomic mass is 10.0. The predicted molar refractivity (Wildman–Crippen MR) is 112 cm³/mol. The van der Waals surface area contributed by atoms with E-state index < -0.39 is 0 Å². The van der Waals surface area contributed by atoms with E-state index in [2.05, 4.69) is 16.3 Å². The molecule has 1 unspecified atom stereocenters. The Bertz CT molecular complexity index is 991. The van der Waals surface area contributed by atoms with E-state index in [4.69, 9.17) is 13.9 Å². The molecule has 1 aliphatic rings. The molecule has 152 valence electrons. The van der Waals surface area contributed by atoms with Crippen molar-refractivity contribution in [2.75, 3.05) is 33.9 Å². The minimum atomic E-state index is -0.227. The summed E-state index contributed by atoms with van der Waals surface area (Å²) in [7, 11) is 3.26. The fourth-order valence-electron chi connectivity index (χ4n) is 3.95. The van der Waals surface area contributed by atoms with Gasteiger partial charge in [0.2, 0.25) is 0 Å². The smallest absolute Gasteiger partial charge is 0.287 e. The van der Waals surface area contributed by atoms with Crippen LogP contribution in [0.15, 0.2) is 52.9 Å². The minimum absolute atomic E-state index is 0.0930. The summed E-state index contributed by atoms with van der Waals surface area (Å²) < 4.78 is 16.5. The van der Waals surface area contributed by atoms with E-state index >= 15 is 0 Å². The van der Waals surface area contributed by atoms with Gasteiger partial charge in [0.05, 0.1) is 20.3 Å². The van der Waals surface area contributed by atoms with Crippen molar-refractivity contribution < 1.29 is 18.7 Å². The Morgan fingerprint density at radius 2 is 1.90 bits per heavy atom. The van der Waals surface area contributed by atoms with E-state index in [1.165, 1.54) is 12.8 Å². The summed E-state index contributed by atoms with van der Waals surface area (Å²) in [6.07, 6.45) is 2.36. The zero-order valence-corrected chi connectivity index (χ0v) is 16.8. The van der Waals surface area contributed by atoms with Gasteiger partial charge in [-0.15, -0.1) is 0 Å². The average Bonchev–Trinajstić information content (AvgIpc) is 3.43. The third-order valence-corrected chi connectivity index (χ3v) is 5.47. The maximum Gasteiger partial charge on any atom is 0.287 e. The average molecular weight is 394 g/mol. The molecule has 6 nitrogen and oxygen atoms in total. The van der Waals surface area contributed by atoms with Crippen molar-refractivity contribution in [3.8, 4) is 11.5 Å². The number of likely N-dealkylation sites (tertiary alicyclic amines) is 1. The molecule has 1 aromatic heterocycles. The van der Waals surface area contributed by atoms with Crippen LogP contribution in [0.5, 0.6) is 11.5 Å². The predicted octanol–water partition coefficient (Wildman–Crippen LogP) is 4.02. The number of ether oxygens (including phenoxy) is 2. The number of carbonyl (C=O) groups is 1. The Morgan fingerprint density at radius 1 is 1.10 bits per heavy atom. The van der Waals surface area contributed by atoms with Gasteiger partial charge < -0.3 is 19.2 Å². The lowest BCUT2D eigenvalue weighted by Gasteiger charge is -2.28. The van der Waals surface area contributed by atoms with Crippen LogP contribution in [0, 0.1) is 0 Å². The number of fused-ring (bicyclic) bond motifs is 1. The van der Waals surface area contributed by atoms with Gasteiger partial charge in [0.1, 0.15) is 5.75 Å². The molecule has 4 rings (SSSR count). The third-order valence-electron chi connectivity index (χ3n) is 5.47. The highest BCUT2D eigenvalue weighted by molar-refractivity contribution is 5.97. The van der Waals surface area contributed by atoms with E-state index in [-0.39, 0.29) is 17.7 Å². The van der Waals surface area contributed by atoms with E-state index in [0.717, 1.165) is 29.8 Å². The number of nitrogens with one attached hydrogen (secondary N) is 1. The second-order valence-corrected chi connectivity index (χ2v) is 7.23. The number of rotatable bonds is 7. The maximum atomic E-state index is 12.8. The van der Waals surface area contributed by atoms with E-state index in [0.29, 0.717) is 17.9 Å². The number of amides is 1. The summed E-state index contributed by atoms with van der Waals surface area (Å²) in [4.78, 5) is 15.2. The van der Waals surface area contributed by atoms with E-state index in [1.807, 2.05) is 36.4 Å². The molecule has 29 heavy (non-hydrogen) atoms. The Morgan fingerprint density at radius 3 is 2.66 bits per heavy atom. The number of methoxy groups -OCH3 is 2. The van der Waals surface area contributed by atoms with Gasteiger partial charge in [-0.05, 0) is 55.8 Å². The van der Waals surface area contributed by atoms with Gasteiger partial charge in [0.15, 0.2) is 17.1 Å². The molecule has 1 aliphatic heterocycles. The molecule has 1 N–H and O–H groups in total. The summed E-state index contributed by atoms with van der Waals surface area (Å²) in [6, 6.07) is 15.5. The second-order valence-electron chi connectivity index (χ2n) is 7.23. The second kappa shape index (κ2) is 8.57. The van der Waals surface area contributed by atoms with Crippen LogP contribution in [-0.4, -0.2) is 44.7 Å². The van der Waals surface area contributed by atoms with Gasteiger partial charge >= 0.3 is 0 Å². The quantitative estimate of drug-likeness (QED) is 0.656. The van der Waals surface area contributed by atoms with E-state index in [9.17, 15) is 4.79 Å². The summed E-state index contributed by atoms with van der Waals surface area (Å²) in [6.45, 7) is 2.55. The summed E-state index contributed by atoms with van der Waals surface area (Å²) in [5.74, 6) is 1.50. The number of carbonyl (C=O) groups excluding carboxylic acids is 1. The number of benzene rings is 2. The lowest BCUT2D eigenvalue weighted by Crippen LogP contribution is -2.36. The molecule has 0 aliphatic carbocycles. The standard InChI is InChI=1S/C23H26N2O4/c1-27-18-9-5-7-16(13-18)19(25-11-3-4-12-25)15-24-23(26)21-14-17-8-6-10-20(28-2)22(17)29-21/h5-10,13-14,19H,3-4,11-12,15H2,1-2H3,(H,24,26). The molecule has 0 spiro atoms. The first-order valence-electron chi connectivity index (χ1n) is 9.92. The van der Waals surface area contributed by atoms with Crippen LogP contribution in [0.25, 0.3) is 11.0 Å². The van der Waals surface area contributed by atoms with Crippen LogP contribution in [0.4, 0.5) is 0 Å². The zero-order chi connectivity index (χ0) is 20.2. The molecule has 0 saturated carbocycles. The number of nitrogens with zero attached hydrogens (tertiary/aromatic N) is 1. The fourth-order valence-corrected chi connectivity index (χ4v) is 3.95. The van der Waals surface area contributed by atoms with Crippen molar-refractivity contribution >= 4 is 16.9 Å². The molecule has 0 bridgehead atoms. The van der Waals surface area contributed by atoms with Gasteiger partial charge in [-0.1, -0.05) is 24.3 Å². The summed E-state index contributed by atoms with van der Waals surface area (Å²) in [5, 5.41) is 3.90. The monoisotopic (exact) mass is 394 g/mol. The molecular formula is C23H26N2O4. The minimum Gasteiger partial charge on any atom is -0.497 e. The largest absolute Gasteiger partial charge is 0.497 e. The Hall–Kier alpha value is -2.99. The number of para-hydroxylation sites is 1. The van der Waals surface area contributed by atoms with Crippen LogP contribution in [0.1, 0.15) is 35.0 Å². The Kier molecular flexibility index (Phi) is 5.71. The van der Waals surface area contributed by atoms with Gasteiger partial charge in [-0.3, -0.25) is 9.69 Å². The van der Waals surface area contributed by atoms with Crippen molar-refractivity contribution in [3.05, 3.63) is 59.9 Å². The van der Waals surface area contributed by atoms with Gasteiger partial charge in [-0.25, -0.2) is 0 Å². The molecule has 2 heterocycles. The van der Waals surface area contributed by atoms with E-state index in [1.54, 1.807) is 20.3 Å². The van der Waals surface area contributed by atoms with Crippen LogP contribution < -0.4 is 14.8 Å². The Balaban J connectivity index is 1.53. The molecule has 6 heteroatoms. The van der Waals surface area contributed by atoms with Crippen molar-refractivity contribution in [1.29, 1.82) is 0 Å². The normalized spacial score (nSPS) is 15.4. The molecule has 1 saturated heterocycles. The lowest BCUT2D eigenvalue weighted by molar-refractivity contribution is 0.0912. The zero-order valence-electron chi connectivity index (χ0n) is 16.8. The first kappa shape index (κ1) is 19.3. The Labute approximate surface area is 170 Å². The van der Waals surface area contributed by atoms with Crippen molar-refractivity contribution in [3.63, 3.8) is 0 Å². The molecule has 1 amide bonds. The molecule has 1 fully saturated rings. The highest BCUT2D eigenvalue weighted by atomic mass is 16.5. The van der Waals surface area contributed by atoms with Crippen LogP contribution in [0.3, 0.4) is 0 Å². The highest BCUT2D eigenvalue weighted by Gasteiger charge is 2.25. The third kappa shape index (κ3) is 4.07. The molecule has 1 atom stereocenters. The molecule has 3 aromatic rings. The topological polar surface area (TPSA) is 63.9 Å². The molecule has 2 aromatic carbocycles. The van der Waals surface area contributed by atoms with Crippen molar-refractivity contribution in [2.45, 2.75) is 18.9 Å². The SMILES string of the molecule is COc1cccc(C(CNC(=O)c2cc3cccc(OC)c3o2)N2CCCC2)c1. The highest BCUT2D eigenvalue weighted by Crippen LogP contribution is 2.29. The van der Waals surface area contributed by atoms with Crippen molar-refractivity contribution in [1.82, 2.24) is 10.2 Å². The van der Waals surface area contributed by atoms with Crippen LogP contribution in [0.2, 0.25) is 0 Å². The van der Waals surface area contributed by atoms with Crippen LogP contribution >= 0.6 is 0 Å². The van der Waals surface area contributed by atoms with Gasteiger partial charge in [0.25, 0.3) is 5.91 Å². The fraction of sp³-hybridized carbons (Fsp3) is 0.348. The van der Waals surface area contributed by atoms with Gasteiger partial charge in [-0.2, -0.15) is 0 Å². The van der Waals surface area contributed by atoms with Crippen molar-refractivity contribution in [2.24, 2.45) is 0 Å². The van der Waals surface area contributed by atoms with Crippen LogP contribution in [-0.2, 0) is 0 Å². The summed E-state index contributed by atoms with van der Waals surface area (Å²) in [5.41, 5.74) is 1.72. The number of hydrogen-bond donors (Lipinski definition) is 1. The summed E-state index contributed by atoms with van der Waals surface area (Å²) >= 11 is 0. The first-order valence-corrected chi connectivity index (χ1v) is 9.92. The van der Waals surface area contributed by atoms with Gasteiger partial charge in [0, 0.05) is 11.9 Å². The number of hydrogen-bond acceptors (Lipinski definition) is 5. The number of furan rings is 1.